The number of unbranched alkanes of at least 4 members (excludes halogenated alkanes) is 1. The van der Waals surface area contributed by atoms with Crippen molar-refractivity contribution in [2.45, 2.75) is 26.2 Å². The lowest BCUT2D eigenvalue weighted by Gasteiger charge is -2.01. The van der Waals surface area contributed by atoms with Gasteiger partial charge in [-0.05, 0) is 31.7 Å². The van der Waals surface area contributed by atoms with E-state index in [1.807, 2.05) is 24.3 Å². The minimum absolute atomic E-state index is 0.136. The fraction of sp³-hybridized carbons (Fsp3) is 0.417. The highest BCUT2D eigenvalue weighted by Gasteiger charge is 1.98. The number of benzene rings is 1. The van der Waals surface area contributed by atoms with E-state index in [1.54, 1.807) is 6.92 Å². The van der Waals surface area contributed by atoms with Crippen molar-refractivity contribution in [3.05, 3.63) is 35.4 Å². The SMILES string of the molecule is CC(=O)c1ccc(CCCCBr)cc1. The molecule has 0 unspecified atom stereocenters. The third kappa shape index (κ3) is 3.62. The molecule has 0 spiro atoms. The third-order valence-corrected chi connectivity index (χ3v) is 2.77. The van der Waals surface area contributed by atoms with Crippen molar-refractivity contribution in [1.29, 1.82) is 0 Å². The van der Waals surface area contributed by atoms with Gasteiger partial charge in [0.25, 0.3) is 0 Å². The Morgan fingerprint density at radius 1 is 1.21 bits per heavy atom. The molecule has 1 rings (SSSR count). The Morgan fingerprint density at radius 3 is 2.36 bits per heavy atom. The Balaban J connectivity index is 2.51. The summed E-state index contributed by atoms with van der Waals surface area (Å²) in [5.41, 5.74) is 2.12. The van der Waals surface area contributed by atoms with E-state index in [0.29, 0.717) is 0 Å². The zero-order valence-corrected chi connectivity index (χ0v) is 10.0. The zero-order valence-electron chi connectivity index (χ0n) is 8.42. The van der Waals surface area contributed by atoms with Crippen LogP contribution in [0.3, 0.4) is 0 Å². The number of Topliss-reactive ketones (excluding diaryl/α,β-unsaturated/α-hetero) is 1. The summed E-state index contributed by atoms with van der Waals surface area (Å²) in [6.45, 7) is 1.60. The molecule has 76 valence electrons. The normalized spacial score (nSPS) is 10.1. The van der Waals surface area contributed by atoms with Gasteiger partial charge in [-0.3, -0.25) is 4.79 Å². The van der Waals surface area contributed by atoms with Gasteiger partial charge in [0.1, 0.15) is 0 Å². The predicted octanol–water partition coefficient (Wildman–Crippen LogP) is 3.61. The molecule has 0 heterocycles. The second-order valence-corrected chi connectivity index (χ2v) is 4.19. The second-order valence-electron chi connectivity index (χ2n) is 3.40. The monoisotopic (exact) mass is 254 g/mol. The summed E-state index contributed by atoms with van der Waals surface area (Å²) >= 11 is 3.41. The molecule has 0 amide bonds. The van der Waals surface area contributed by atoms with Crippen LogP contribution in [0.2, 0.25) is 0 Å². The molecule has 0 aliphatic carbocycles. The first kappa shape index (κ1) is 11.4. The molecule has 0 aliphatic rings. The minimum Gasteiger partial charge on any atom is -0.295 e. The van der Waals surface area contributed by atoms with Gasteiger partial charge in [0.05, 0.1) is 0 Å². The molecule has 0 saturated carbocycles. The molecule has 14 heavy (non-hydrogen) atoms. The van der Waals surface area contributed by atoms with Crippen molar-refractivity contribution in [1.82, 2.24) is 0 Å². The van der Waals surface area contributed by atoms with Gasteiger partial charge < -0.3 is 0 Å². The molecule has 0 radical (unpaired) electrons. The van der Waals surface area contributed by atoms with Crippen LogP contribution in [0, 0.1) is 0 Å². The van der Waals surface area contributed by atoms with Gasteiger partial charge in [-0.25, -0.2) is 0 Å². The van der Waals surface area contributed by atoms with E-state index in [4.69, 9.17) is 0 Å². The van der Waals surface area contributed by atoms with E-state index in [9.17, 15) is 4.79 Å². The number of rotatable bonds is 5. The summed E-state index contributed by atoms with van der Waals surface area (Å²) in [6.07, 6.45) is 3.50. The van der Waals surface area contributed by atoms with E-state index >= 15 is 0 Å². The lowest BCUT2D eigenvalue weighted by Crippen LogP contribution is -1.92. The van der Waals surface area contributed by atoms with Crippen molar-refractivity contribution in [3.63, 3.8) is 0 Å². The maximum atomic E-state index is 11.0. The summed E-state index contributed by atoms with van der Waals surface area (Å²) in [6, 6.07) is 7.91. The van der Waals surface area contributed by atoms with Crippen molar-refractivity contribution in [3.8, 4) is 0 Å². The maximum absolute atomic E-state index is 11.0. The predicted molar refractivity (Wildman–Crippen MR) is 63.2 cm³/mol. The van der Waals surface area contributed by atoms with Crippen LogP contribution in [0.1, 0.15) is 35.7 Å². The molecule has 0 N–H and O–H groups in total. The highest BCUT2D eigenvalue weighted by molar-refractivity contribution is 9.09. The number of alkyl halides is 1. The van der Waals surface area contributed by atoms with Gasteiger partial charge >= 0.3 is 0 Å². The first-order valence-corrected chi connectivity index (χ1v) is 6.02. The van der Waals surface area contributed by atoms with Crippen LogP contribution in [0.25, 0.3) is 0 Å². The molecule has 0 fully saturated rings. The smallest absolute Gasteiger partial charge is 0.159 e. The number of carbonyl (C=O) groups is 1. The third-order valence-electron chi connectivity index (χ3n) is 2.21. The van der Waals surface area contributed by atoms with Crippen LogP contribution in [0.15, 0.2) is 24.3 Å². The minimum atomic E-state index is 0.136. The highest BCUT2D eigenvalue weighted by atomic mass is 79.9. The van der Waals surface area contributed by atoms with E-state index in [-0.39, 0.29) is 5.78 Å². The fourth-order valence-electron chi connectivity index (χ4n) is 1.33. The van der Waals surface area contributed by atoms with E-state index < -0.39 is 0 Å². The number of ketones is 1. The van der Waals surface area contributed by atoms with Crippen LogP contribution in [-0.4, -0.2) is 11.1 Å². The molecule has 1 nitrogen and oxygen atoms in total. The fourth-order valence-corrected chi connectivity index (χ4v) is 1.73. The summed E-state index contributed by atoms with van der Waals surface area (Å²) < 4.78 is 0. The lowest BCUT2D eigenvalue weighted by molar-refractivity contribution is 0.101. The topological polar surface area (TPSA) is 17.1 Å². The summed E-state index contributed by atoms with van der Waals surface area (Å²) in [5.74, 6) is 0.136. The largest absolute Gasteiger partial charge is 0.295 e. The molecule has 0 atom stereocenters. The van der Waals surface area contributed by atoms with Gasteiger partial charge in [0.2, 0.25) is 0 Å². The molecule has 1 aromatic carbocycles. The summed E-state index contributed by atoms with van der Waals surface area (Å²) in [7, 11) is 0. The van der Waals surface area contributed by atoms with Crippen molar-refractivity contribution >= 4 is 21.7 Å². The standard InChI is InChI=1S/C12H15BrO/c1-10(14)12-7-5-11(6-8-12)4-2-3-9-13/h5-8H,2-4,9H2,1H3. The first-order valence-electron chi connectivity index (χ1n) is 4.90. The lowest BCUT2D eigenvalue weighted by atomic mass is 10.1. The first-order chi connectivity index (χ1) is 6.74. The summed E-state index contributed by atoms with van der Waals surface area (Å²) in [4.78, 5) is 11.0. The molecule has 1 aromatic rings. The Bertz CT molecular complexity index is 290. The number of halogens is 1. The number of hydrogen-bond acceptors (Lipinski definition) is 1. The van der Waals surface area contributed by atoms with Crippen LogP contribution in [0.4, 0.5) is 0 Å². The Morgan fingerprint density at radius 2 is 1.86 bits per heavy atom. The van der Waals surface area contributed by atoms with E-state index in [0.717, 1.165) is 17.3 Å². The van der Waals surface area contributed by atoms with Gasteiger partial charge in [-0.1, -0.05) is 40.2 Å². The van der Waals surface area contributed by atoms with Crippen LogP contribution in [-0.2, 0) is 6.42 Å². The summed E-state index contributed by atoms with van der Waals surface area (Å²) in [5, 5.41) is 1.07. The van der Waals surface area contributed by atoms with Gasteiger partial charge in [-0.2, -0.15) is 0 Å². The van der Waals surface area contributed by atoms with Crippen LogP contribution >= 0.6 is 15.9 Å². The van der Waals surface area contributed by atoms with Gasteiger partial charge in [0.15, 0.2) is 5.78 Å². The Hall–Kier alpha value is -0.630. The average Bonchev–Trinajstić information content (AvgIpc) is 2.19. The van der Waals surface area contributed by atoms with Crippen molar-refractivity contribution in [2.75, 3.05) is 5.33 Å². The Kier molecular flexibility index (Phi) is 4.88. The average molecular weight is 255 g/mol. The molecular weight excluding hydrogens is 240 g/mol. The van der Waals surface area contributed by atoms with Gasteiger partial charge in [-0.15, -0.1) is 0 Å². The molecule has 2 heteroatoms. The molecule has 0 aromatic heterocycles. The van der Waals surface area contributed by atoms with Crippen molar-refractivity contribution < 1.29 is 4.79 Å². The second kappa shape index (κ2) is 5.97. The highest BCUT2D eigenvalue weighted by Crippen LogP contribution is 2.08. The maximum Gasteiger partial charge on any atom is 0.159 e. The van der Waals surface area contributed by atoms with Crippen LogP contribution in [0.5, 0.6) is 0 Å². The van der Waals surface area contributed by atoms with E-state index in [1.165, 1.54) is 18.4 Å². The van der Waals surface area contributed by atoms with Crippen molar-refractivity contribution in [2.24, 2.45) is 0 Å². The molecule has 0 aliphatic heterocycles. The van der Waals surface area contributed by atoms with E-state index in [2.05, 4.69) is 15.9 Å². The number of carbonyl (C=O) groups excluding carboxylic acids is 1. The number of aryl methyl sites for hydroxylation is 1. The van der Waals surface area contributed by atoms with Crippen LogP contribution < -0.4 is 0 Å². The zero-order chi connectivity index (χ0) is 10.4. The number of hydrogen-bond donors (Lipinski definition) is 0. The van der Waals surface area contributed by atoms with Gasteiger partial charge in [0, 0.05) is 10.9 Å². The quantitative estimate of drug-likeness (QED) is 0.446. The molecular formula is C12H15BrO. The molecule has 0 bridgehead atoms. The Labute approximate surface area is 93.7 Å². The molecule has 0 saturated heterocycles.